The lowest BCUT2D eigenvalue weighted by Crippen LogP contribution is -2.62. The first-order valence-corrected chi connectivity index (χ1v) is 27.4. The molecule has 8 rings (SSSR count). The van der Waals surface area contributed by atoms with Crippen LogP contribution in [0.15, 0.2) is 0 Å². The molecule has 8 aliphatic carbocycles. The van der Waals surface area contributed by atoms with E-state index in [9.17, 15) is 40.2 Å². The smallest absolute Gasteiger partial charge is 0.222 e. The maximum Gasteiger partial charge on any atom is 0.222 e. The number of fused-ring (bicyclic) bond motifs is 10. The van der Waals surface area contributed by atoms with Gasteiger partial charge in [0.1, 0.15) is 0 Å². The molecule has 8 aliphatic rings. The average Bonchev–Trinajstić information content (AvgIpc) is 3.82. The number of aliphatic hydroxyl groups excluding tert-OH is 6. The second-order valence-electron chi connectivity index (χ2n) is 25.5. The molecule has 0 aromatic heterocycles. The van der Waals surface area contributed by atoms with Crippen molar-refractivity contribution >= 4 is 11.8 Å². The minimum atomic E-state index is -0.429. The van der Waals surface area contributed by atoms with Crippen LogP contribution in [0.1, 0.15) is 183 Å². The summed E-state index contributed by atoms with van der Waals surface area (Å²) in [5.41, 5.74) is -0.438. The van der Waals surface area contributed by atoms with Gasteiger partial charge in [0.15, 0.2) is 0 Å². The molecule has 0 aromatic carbocycles. The molecular weight excluding hydrogens is 817 g/mol. The predicted molar refractivity (Wildman–Crippen MR) is 254 cm³/mol. The van der Waals surface area contributed by atoms with Crippen LogP contribution in [0.2, 0.25) is 0 Å². The van der Waals surface area contributed by atoms with E-state index in [4.69, 9.17) is 0 Å². The first-order valence-electron chi connectivity index (χ1n) is 27.4. The third-order valence-electron chi connectivity index (χ3n) is 22.7. The summed E-state index contributed by atoms with van der Waals surface area (Å²) in [7, 11) is 0. The summed E-state index contributed by atoms with van der Waals surface area (Å²) in [6.07, 6.45) is 15.2. The van der Waals surface area contributed by atoms with Gasteiger partial charge in [-0.1, -0.05) is 54.9 Å². The summed E-state index contributed by atoms with van der Waals surface area (Å²) in [5.74, 6) is 3.49. The third kappa shape index (κ3) is 8.84. The van der Waals surface area contributed by atoms with Gasteiger partial charge in [-0.3, -0.25) is 9.59 Å². The van der Waals surface area contributed by atoms with Gasteiger partial charge in [0.05, 0.1) is 36.6 Å². The highest BCUT2D eigenvalue weighted by molar-refractivity contribution is 5.76. The Kier molecular flexibility index (Phi) is 15.0. The Bertz CT molecular complexity index is 1660. The highest BCUT2D eigenvalue weighted by Gasteiger charge is 2.67. The molecule has 2 amide bonds. The molecule has 22 atom stereocenters. The third-order valence-corrected chi connectivity index (χ3v) is 22.7. The molecule has 0 bridgehead atoms. The molecule has 0 saturated heterocycles. The number of carbonyl (C=O) groups is 2. The number of aliphatic hydroxyl groups is 6. The van der Waals surface area contributed by atoms with Gasteiger partial charge in [-0.05, 0) is 208 Å². The fourth-order valence-electron chi connectivity index (χ4n) is 18.8. The van der Waals surface area contributed by atoms with Crippen molar-refractivity contribution in [1.29, 1.82) is 0 Å². The second kappa shape index (κ2) is 19.5. The molecule has 8 saturated carbocycles. The number of unbranched alkanes of at least 4 members (excludes halogenated alkanes) is 1. The van der Waals surface area contributed by atoms with Gasteiger partial charge in [0.2, 0.25) is 11.8 Å². The number of nitrogens with zero attached hydrogens (tertiary/aromatic N) is 1. The van der Waals surface area contributed by atoms with Crippen molar-refractivity contribution in [2.24, 2.45) is 92.7 Å². The number of hydrogen-bond donors (Lipinski definition) is 7. The quantitative estimate of drug-likeness (QED) is 0.0815. The van der Waals surface area contributed by atoms with E-state index >= 15 is 0 Å². The van der Waals surface area contributed by atoms with Gasteiger partial charge >= 0.3 is 0 Å². The Hall–Kier alpha value is -1.30. The molecular formula is C55H94N2O8. The van der Waals surface area contributed by atoms with Crippen LogP contribution in [-0.2, 0) is 9.59 Å². The highest BCUT2D eigenvalue weighted by atomic mass is 16.3. The summed E-state index contributed by atoms with van der Waals surface area (Å²) < 4.78 is 0. The monoisotopic (exact) mass is 911 g/mol. The van der Waals surface area contributed by atoms with Crippen molar-refractivity contribution in [2.75, 3.05) is 19.6 Å². The molecule has 0 aromatic rings. The Morgan fingerprint density at radius 1 is 0.600 bits per heavy atom. The zero-order valence-electron chi connectivity index (χ0n) is 41.8. The number of amides is 2. The van der Waals surface area contributed by atoms with Crippen LogP contribution in [0.5, 0.6) is 0 Å². The Labute approximate surface area is 393 Å². The molecule has 372 valence electrons. The van der Waals surface area contributed by atoms with E-state index in [1.165, 1.54) is 0 Å². The number of nitrogens with one attached hydrogen (secondary N) is 1. The average molecular weight is 911 g/mol. The van der Waals surface area contributed by atoms with Crippen molar-refractivity contribution in [3.8, 4) is 0 Å². The van der Waals surface area contributed by atoms with Crippen molar-refractivity contribution in [3.63, 3.8) is 0 Å². The molecule has 10 nitrogen and oxygen atoms in total. The van der Waals surface area contributed by atoms with Crippen LogP contribution in [0.25, 0.3) is 0 Å². The van der Waals surface area contributed by atoms with Gasteiger partial charge in [0, 0.05) is 32.5 Å². The second-order valence-corrected chi connectivity index (χ2v) is 25.5. The molecule has 0 aliphatic heterocycles. The zero-order valence-corrected chi connectivity index (χ0v) is 41.8. The van der Waals surface area contributed by atoms with Crippen molar-refractivity contribution < 1.29 is 40.2 Å². The topological polar surface area (TPSA) is 171 Å². The lowest BCUT2D eigenvalue weighted by atomic mass is 9.43. The summed E-state index contributed by atoms with van der Waals surface area (Å²) in [4.78, 5) is 29.2. The molecule has 0 spiro atoms. The van der Waals surface area contributed by atoms with Crippen LogP contribution in [0, 0.1) is 92.7 Å². The highest BCUT2D eigenvalue weighted by Crippen LogP contribution is 2.70. The molecule has 12 unspecified atom stereocenters. The number of carbonyl (C=O) groups excluding carboxylic acids is 2. The first kappa shape index (κ1) is 50.1. The van der Waals surface area contributed by atoms with Crippen molar-refractivity contribution in [2.45, 2.75) is 220 Å². The molecule has 0 heterocycles. The van der Waals surface area contributed by atoms with E-state index in [0.29, 0.717) is 56.0 Å². The maximum atomic E-state index is 13.9. The lowest BCUT2D eigenvalue weighted by molar-refractivity contribution is -0.207. The minimum absolute atomic E-state index is 0.0500. The van der Waals surface area contributed by atoms with Gasteiger partial charge in [0.25, 0.3) is 0 Å². The van der Waals surface area contributed by atoms with E-state index in [1.54, 1.807) is 0 Å². The summed E-state index contributed by atoms with van der Waals surface area (Å²) >= 11 is 0. The van der Waals surface area contributed by atoms with E-state index in [1.807, 2.05) is 4.90 Å². The van der Waals surface area contributed by atoms with Crippen LogP contribution in [0.3, 0.4) is 0 Å². The van der Waals surface area contributed by atoms with Gasteiger partial charge < -0.3 is 40.9 Å². The maximum absolute atomic E-state index is 13.9. The standard InChI is InChI=1S/C55H94N2O8/c1-8-9-24-57(49(65)18-12-33(3)39-14-16-41-51-43(31-47(63)55(39,41)7)53(5)22-20-37(59)27-35(53)29-45(51)61)25-10-23-56-48(64)17-11-32(2)38-13-15-40-50-42(30-46(62)54(38,40)6)52(4)21-19-36(58)26-34(52)28-44(50)60/h32-47,50-51,58-63H,8-31H2,1-7H3,(H,56,64)/t32?,33?,34?,35?,36-,37-,38?,39?,40?,41?,42?,43?,44-,45-,46+,47+,50?,51?,52+,53+,54-,55-/m1/s1. The fourth-order valence-corrected chi connectivity index (χ4v) is 18.8. The van der Waals surface area contributed by atoms with Gasteiger partial charge in [-0.2, -0.15) is 0 Å². The number of rotatable bonds is 15. The summed E-state index contributed by atoms with van der Waals surface area (Å²) in [6.45, 7) is 17.9. The Morgan fingerprint density at radius 2 is 1.06 bits per heavy atom. The zero-order chi connectivity index (χ0) is 46.8. The SMILES string of the molecule is CCCCN(CCCNC(=O)CCC(C)C1CCC2C3C(C[C@H](O)[C@]12C)[C@@]1(C)CC[C@@H](O)CC1C[C@H]3O)C(=O)CCC(C)C1CCC2C3C(C[C@H](O)[C@]12C)[C@@]1(C)CC[C@@H](O)CC1C[C@H]3O. The van der Waals surface area contributed by atoms with E-state index in [2.05, 4.69) is 53.8 Å². The van der Waals surface area contributed by atoms with E-state index in [-0.39, 0.29) is 105 Å². The molecule has 7 N–H and O–H groups in total. The molecule has 65 heavy (non-hydrogen) atoms. The van der Waals surface area contributed by atoms with Gasteiger partial charge in [-0.25, -0.2) is 0 Å². The fraction of sp³-hybridized carbons (Fsp3) is 0.964. The summed E-state index contributed by atoms with van der Waals surface area (Å²) in [5, 5.41) is 71.5. The van der Waals surface area contributed by atoms with Gasteiger partial charge in [-0.15, -0.1) is 0 Å². The largest absolute Gasteiger partial charge is 0.393 e. The summed E-state index contributed by atoms with van der Waals surface area (Å²) in [6, 6.07) is 0. The van der Waals surface area contributed by atoms with E-state index in [0.717, 1.165) is 122 Å². The minimum Gasteiger partial charge on any atom is -0.393 e. The molecule has 10 heteroatoms. The number of hydrogen-bond acceptors (Lipinski definition) is 8. The Morgan fingerprint density at radius 3 is 1.54 bits per heavy atom. The first-order chi connectivity index (χ1) is 30.8. The van der Waals surface area contributed by atoms with E-state index < -0.39 is 12.2 Å². The van der Waals surface area contributed by atoms with Crippen LogP contribution >= 0.6 is 0 Å². The van der Waals surface area contributed by atoms with Crippen molar-refractivity contribution in [3.05, 3.63) is 0 Å². The van der Waals surface area contributed by atoms with Crippen molar-refractivity contribution in [1.82, 2.24) is 10.2 Å². The lowest BCUT2D eigenvalue weighted by Gasteiger charge is -2.63. The normalized spacial score (nSPS) is 48.7. The van der Waals surface area contributed by atoms with Crippen LogP contribution < -0.4 is 5.32 Å². The predicted octanol–water partition coefficient (Wildman–Crippen LogP) is 7.88. The molecule has 8 fully saturated rings. The van der Waals surface area contributed by atoms with Crippen LogP contribution in [0.4, 0.5) is 0 Å². The van der Waals surface area contributed by atoms with Crippen LogP contribution in [-0.4, -0.2) is 104 Å². The molecule has 0 radical (unpaired) electrons. The Balaban J connectivity index is 0.791.